The Morgan fingerprint density at radius 2 is 2.08 bits per heavy atom. The zero-order valence-electron chi connectivity index (χ0n) is 13.6. The van der Waals surface area contributed by atoms with E-state index in [9.17, 15) is 9.18 Å². The minimum absolute atomic E-state index is 0.127. The molecule has 0 aliphatic carbocycles. The van der Waals surface area contributed by atoms with Crippen molar-refractivity contribution in [1.29, 1.82) is 0 Å². The molecular formula is C19H19ClFNO2. The van der Waals surface area contributed by atoms with E-state index in [2.05, 4.69) is 0 Å². The highest BCUT2D eigenvalue weighted by Gasteiger charge is 2.31. The van der Waals surface area contributed by atoms with Crippen molar-refractivity contribution in [2.75, 3.05) is 6.54 Å². The lowest BCUT2D eigenvalue weighted by Crippen LogP contribution is -2.45. The number of ether oxygens (including phenoxy) is 1. The Labute approximate surface area is 146 Å². The summed E-state index contributed by atoms with van der Waals surface area (Å²) in [6.07, 6.45) is 0.0484. The van der Waals surface area contributed by atoms with Gasteiger partial charge in [0.25, 0.3) is 5.91 Å². The first-order chi connectivity index (χ1) is 11.5. The summed E-state index contributed by atoms with van der Waals surface area (Å²) in [7, 11) is 0. The predicted molar refractivity (Wildman–Crippen MR) is 91.8 cm³/mol. The Kier molecular flexibility index (Phi) is 4.76. The fourth-order valence-electron chi connectivity index (χ4n) is 3.10. The van der Waals surface area contributed by atoms with Crippen molar-refractivity contribution in [3.63, 3.8) is 0 Å². The zero-order valence-corrected chi connectivity index (χ0v) is 14.4. The van der Waals surface area contributed by atoms with E-state index in [1.807, 2.05) is 6.92 Å². The van der Waals surface area contributed by atoms with Crippen molar-refractivity contribution in [1.82, 2.24) is 4.90 Å². The monoisotopic (exact) mass is 347 g/mol. The second kappa shape index (κ2) is 6.81. The third kappa shape index (κ3) is 3.24. The summed E-state index contributed by atoms with van der Waals surface area (Å²) < 4.78 is 19.3. The maximum atomic E-state index is 13.5. The molecule has 2 atom stereocenters. The van der Waals surface area contributed by atoms with Gasteiger partial charge in [-0.15, -0.1) is 0 Å². The molecule has 0 bridgehead atoms. The average molecular weight is 348 g/mol. The SMILES string of the molecule is CC(Oc1ccccc1Cl)C(=O)N1CCc2ccc(F)cc2C1C. The van der Waals surface area contributed by atoms with Crippen LogP contribution >= 0.6 is 11.6 Å². The second-order valence-corrected chi connectivity index (χ2v) is 6.40. The van der Waals surface area contributed by atoms with Crippen LogP contribution in [-0.2, 0) is 11.2 Å². The summed E-state index contributed by atoms with van der Waals surface area (Å²) in [5, 5.41) is 0.469. The van der Waals surface area contributed by atoms with Gasteiger partial charge in [0.1, 0.15) is 11.6 Å². The van der Waals surface area contributed by atoms with Gasteiger partial charge in [0, 0.05) is 6.54 Å². The number of rotatable bonds is 3. The number of para-hydroxylation sites is 1. The topological polar surface area (TPSA) is 29.5 Å². The molecule has 0 fully saturated rings. The van der Waals surface area contributed by atoms with Gasteiger partial charge in [-0.25, -0.2) is 4.39 Å². The molecule has 1 aliphatic heterocycles. The van der Waals surface area contributed by atoms with E-state index < -0.39 is 6.10 Å². The molecule has 1 amide bonds. The number of halogens is 2. The summed E-state index contributed by atoms with van der Waals surface area (Å²) in [6.45, 7) is 4.21. The average Bonchev–Trinajstić information content (AvgIpc) is 2.57. The van der Waals surface area contributed by atoms with E-state index in [4.69, 9.17) is 16.3 Å². The molecule has 0 N–H and O–H groups in total. The Morgan fingerprint density at radius 3 is 2.83 bits per heavy atom. The lowest BCUT2D eigenvalue weighted by atomic mass is 9.93. The first kappa shape index (κ1) is 16.8. The van der Waals surface area contributed by atoms with E-state index in [0.717, 1.165) is 11.1 Å². The molecule has 5 heteroatoms. The molecule has 3 rings (SSSR count). The molecule has 0 aromatic heterocycles. The maximum absolute atomic E-state index is 13.5. The van der Waals surface area contributed by atoms with E-state index in [1.165, 1.54) is 12.1 Å². The number of amides is 1. The molecule has 0 radical (unpaired) electrons. The molecule has 2 aromatic rings. The standard InChI is InChI=1S/C19H19ClFNO2/c1-12-16-11-15(21)8-7-14(16)9-10-22(12)19(23)13(2)24-18-6-4-3-5-17(18)20/h3-8,11-13H,9-10H2,1-2H3. The highest BCUT2D eigenvalue weighted by Crippen LogP contribution is 2.31. The maximum Gasteiger partial charge on any atom is 0.263 e. The van der Waals surface area contributed by atoms with Crippen LogP contribution in [0.15, 0.2) is 42.5 Å². The Bertz CT molecular complexity index is 765. The molecule has 0 spiro atoms. The molecule has 2 aromatic carbocycles. The van der Waals surface area contributed by atoms with Crippen molar-refractivity contribution >= 4 is 17.5 Å². The zero-order chi connectivity index (χ0) is 17.3. The summed E-state index contributed by atoms with van der Waals surface area (Å²) in [5.74, 6) is 0.0729. The van der Waals surface area contributed by atoms with Gasteiger partial charge in [0.15, 0.2) is 6.10 Å². The van der Waals surface area contributed by atoms with E-state index >= 15 is 0 Å². The van der Waals surface area contributed by atoms with Crippen molar-refractivity contribution in [3.05, 3.63) is 64.4 Å². The van der Waals surface area contributed by atoms with Gasteiger partial charge in [-0.2, -0.15) is 0 Å². The van der Waals surface area contributed by atoms with Crippen LogP contribution in [0.4, 0.5) is 4.39 Å². The van der Waals surface area contributed by atoms with Gasteiger partial charge >= 0.3 is 0 Å². The molecule has 24 heavy (non-hydrogen) atoms. The van der Waals surface area contributed by atoms with E-state index in [1.54, 1.807) is 42.2 Å². The number of hydrogen-bond acceptors (Lipinski definition) is 2. The number of nitrogens with zero attached hydrogens (tertiary/aromatic N) is 1. The molecule has 126 valence electrons. The summed E-state index contributed by atoms with van der Waals surface area (Å²) in [5.41, 5.74) is 1.95. The van der Waals surface area contributed by atoms with Crippen LogP contribution < -0.4 is 4.74 Å². The Morgan fingerprint density at radius 1 is 1.33 bits per heavy atom. The lowest BCUT2D eigenvalue weighted by Gasteiger charge is -2.36. The first-order valence-corrected chi connectivity index (χ1v) is 8.35. The van der Waals surface area contributed by atoms with Crippen LogP contribution in [0.5, 0.6) is 5.75 Å². The van der Waals surface area contributed by atoms with Crippen LogP contribution in [0.1, 0.15) is 31.0 Å². The number of fused-ring (bicyclic) bond motifs is 1. The Hall–Kier alpha value is -2.07. The van der Waals surface area contributed by atoms with Crippen molar-refractivity contribution in [2.45, 2.75) is 32.4 Å². The molecule has 3 nitrogen and oxygen atoms in total. The van der Waals surface area contributed by atoms with Gasteiger partial charge in [0.05, 0.1) is 11.1 Å². The fraction of sp³-hybridized carbons (Fsp3) is 0.316. The number of hydrogen-bond donors (Lipinski definition) is 0. The molecule has 0 saturated carbocycles. The quantitative estimate of drug-likeness (QED) is 0.824. The van der Waals surface area contributed by atoms with Crippen molar-refractivity contribution in [3.8, 4) is 5.75 Å². The largest absolute Gasteiger partial charge is 0.479 e. The first-order valence-electron chi connectivity index (χ1n) is 7.97. The van der Waals surface area contributed by atoms with Gasteiger partial charge < -0.3 is 9.64 Å². The fourth-order valence-corrected chi connectivity index (χ4v) is 3.28. The van der Waals surface area contributed by atoms with Gasteiger partial charge in [-0.1, -0.05) is 29.8 Å². The molecule has 1 heterocycles. The van der Waals surface area contributed by atoms with Gasteiger partial charge in [0.2, 0.25) is 0 Å². The normalized spacial score (nSPS) is 18.0. The van der Waals surface area contributed by atoms with Crippen LogP contribution in [0.2, 0.25) is 5.02 Å². The molecular weight excluding hydrogens is 329 g/mol. The van der Waals surface area contributed by atoms with Crippen LogP contribution in [0.3, 0.4) is 0 Å². The highest BCUT2D eigenvalue weighted by atomic mass is 35.5. The molecule has 2 unspecified atom stereocenters. The van der Waals surface area contributed by atoms with E-state index in [0.29, 0.717) is 23.7 Å². The van der Waals surface area contributed by atoms with Crippen LogP contribution in [-0.4, -0.2) is 23.5 Å². The van der Waals surface area contributed by atoms with Gasteiger partial charge in [-0.05, 0) is 55.7 Å². The van der Waals surface area contributed by atoms with Crippen LogP contribution in [0, 0.1) is 5.82 Å². The molecule has 0 saturated heterocycles. The van der Waals surface area contributed by atoms with Crippen molar-refractivity contribution < 1.29 is 13.9 Å². The summed E-state index contributed by atoms with van der Waals surface area (Å²) in [6, 6.07) is 11.7. The predicted octanol–water partition coefficient (Wildman–Crippen LogP) is 4.39. The number of carbonyl (C=O) groups is 1. The summed E-state index contributed by atoms with van der Waals surface area (Å²) in [4.78, 5) is 14.5. The minimum atomic E-state index is -0.664. The Balaban J connectivity index is 1.76. The van der Waals surface area contributed by atoms with E-state index in [-0.39, 0.29) is 17.8 Å². The summed E-state index contributed by atoms with van der Waals surface area (Å²) >= 11 is 6.08. The van der Waals surface area contributed by atoms with Crippen LogP contribution in [0.25, 0.3) is 0 Å². The van der Waals surface area contributed by atoms with Gasteiger partial charge in [-0.3, -0.25) is 4.79 Å². The number of benzene rings is 2. The third-order valence-electron chi connectivity index (χ3n) is 4.42. The van der Waals surface area contributed by atoms with Crippen molar-refractivity contribution in [2.24, 2.45) is 0 Å². The minimum Gasteiger partial charge on any atom is -0.479 e. The number of carbonyl (C=O) groups excluding carboxylic acids is 1. The molecule has 1 aliphatic rings. The lowest BCUT2D eigenvalue weighted by molar-refractivity contribution is -0.140. The third-order valence-corrected chi connectivity index (χ3v) is 4.73. The highest BCUT2D eigenvalue weighted by molar-refractivity contribution is 6.32. The smallest absolute Gasteiger partial charge is 0.263 e. The second-order valence-electron chi connectivity index (χ2n) is 5.99.